The van der Waals surface area contributed by atoms with Gasteiger partial charge in [-0.2, -0.15) is 0 Å². The Morgan fingerprint density at radius 2 is 1.69 bits per heavy atom. The van der Waals surface area contributed by atoms with Gasteiger partial charge >= 0.3 is 11.9 Å². The van der Waals surface area contributed by atoms with Gasteiger partial charge in [-0.25, -0.2) is 9.59 Å². The van der Waals surface area contributed by atoms with Gasteiger partial charge in [-0.15, -0.1) is 5.10 Å². The number of carbonyl (C=O) groups is 3. The summed E-state index contributed by atoms with van der Waals surface area (Å²) in [5.41, 5.74) is 0. The molecule has 0 unspecified atom stereocenters. The molecular formula is C20H31N3O6. The van der Waals surface area contributed by atoms with Gasteiger partial charge in [-0.1, -0.05) is 19.3 Å². The van der Waals surface area contributed by atoms with Crippen LogP contribution in [0.4, 0.5) is 0 Å². The number of carboxylic acids is 2. The minimum Gasteiger partial charge on any atom is -0.475 e. The third-order valence-electron chi connectivity index (χ3n) is 5.54. The van der Waals surface area contributed by atoms with Crippen molar-refractivity contribution in [2.24, 2.45) is 5.92 Å². The summed E-state index contributed by atoms with van der Waals surface area (Å²) in [4.78, 5) is 32.0. The van der Waals surface area contributed by atoms with E-state index in [0.717, 1.165) is 38.4 Å². The Morgan fingerprint density at radius 3 is 2.24 bits per heavy atom. The molecule has 2 N–H and O–H groups in total. The van der Waals surface area contributed by atoms with Crippen molar-refractivity contribution in [1.29, 1.82) is 0 Å². The molecule has 0 amide bonds. The number of aliphatic carboxylic acids is 2. The molecule has 0 radical (unpaired) electrons. The largest absolute Gasteiger partial charge is 0.475 e. The zero-order chi connectivity index (χ0) is 21.2. The molecule has 0 spiro atoms. The molecule has 0 bridgehead atoms. The van der Waals surface area contributed by atoms with Gasteiger partial charge in [-0.3, -0.25) is 14.4 Å². The van der Waals surface area contributed by atoms with Crippen molar-refractivity contribution < 1.29 is 29.3 Å². The lowest BCUT2D eigenvalue weighted by molar-refractivity contribution is -0.159. The molecule has 1 aromatic rings. The van der Waals surface area contributed by atoms with Crippen LogP contribution in [-0.2, 0) is 14.4 Å². The van der Waals surface area contributed by atoms with Crippen LogP contribution in [0, 0.1) is 5.92 Å². The zero-order valence-electron chi connectivity index (χ0n) is 17.0. The van der Waals surface area contributed by atoms with Crippen LogP contribution in [0.1, 0.15) is 57.9 Å². The van der Waals surface area contributed by atoms with Crippen molar-refractivity contribution in [1.82, 2.24) is 14.7 Å². The van der Waals surface area contributed by atoms with E-state index in [2.05, 4.69) is 20.9 Å². The molecule has 0 atom stereocenters. The van der Waals surface area contributed by atoms with Gasteiger partial charge in [0.2, 0.25) is 5.88 Å². The lowest BCUT2D eigenvalue weighted by Gasteiger charge is -2.30. The smallest absolute Gasteiger partial charge is 0.414 e. The predicted octanol–water partition coefficient (Wildman–Crippen LogP) is 2.22. The summed E-state index contributed by atoms with van der Waals surface area (Å²) in [5.74, 6) is -2.29. The number of ether oxygens (including phenoxy) is 1. The predicted molar refractivity (Wildman–Crippen MR) is 105 cm³/mol. The minimum atomic E-state index is -1.82. The number of hydrogen-bond donors (Lipinski definition) is 2. The number of hydrogen-bond acceptors (Lipinski definition) is 6. The molecule has 2 heterocycles. The fraction of sp³-hybridized carbons (Fsp3) is 0.700. The van der Waals surface area contributed by atoms with E-state index >= 15 is 0 Å². The number of Topliss-reactive ketones (excluding diaryl/α,β-unsaturated/α-hetero) is 1. The highest BCUT2D eigenvalue weighted by Gasteiger charge is 2.22. The maximum atomic E-state index is 11.4. The molecule has 162 valence electrons. The van der Waals surface area contributed by atoms with Gasteiger partial charge < -0.3 is 14.9 Å². The lowest BCUT2D eigenvalue weighted by atomic mass is 9.93. The number of piperidine rings is 1. The molecule has 1 aromatic heterocycles. The topological polar surface area (TPSA) is 122 Å². The Kier molecular flexibility index (Phi) is 9.11. The molecule has 1 saturated heterocycles. The van der Waals surface area contributed by atoms with Gasteiger partial charge in [0.1, 0.15) is 12.4 Å². The van der Waals surface area contributed by atoms with Crippen molar-refractivity contribution in [3.63, 3.8) is 0 Å². The molecule has 2 fully saturated rings. The first-order valence-electron chi connectivity index (χ1n) is 10.2. The van der Waals surface area contributed by atoms with Crippen molar-refractivity contribution >= 4 is 17.7 Å². The highest BCUT2D eigenvalue weighted by Crippen LogP contribution is 2.28. The number of ketones is 1. The first kappa shape index (κ1) is 22.9. The maximum absolute atomic E-state index is 11.4. The molecule has 1 aliphatic heterocycles. The van der Waals surface area contributed by atoms with E-state index in [1.54, 1.807) is 6.92 Å². The number of likely N-dealkylation sites (tertiary alicyclic amines) is 1. The minimum absolute atomic E-state index is 0.276. The van der Waals surface area contributed by atoms with Gasteiger partial charge in [0.15, 0.2) is 0 Å². The van der Waals surface area contributed by atoms with Crippen molar-refractivity contribution in [3.8, 4) is 5.88 Å². The number of carbonyl (C=O) groups excluding carboxylic acids is 1. The number of rotatable bonds is 6. The third kappa shape index (κ3) is 7.84. The van der Waals surface area contributed by atoms with E-state index < -0.39 is 11.9 Å². The lowest BCUT2D eigenvalue weighted by Crippen LogP contribution is -2.38. The highest BCUT2D eigenvalue weighted by molar-refractivity contribution is 6.27. The van der Waals surface area contributed by atoms with E-state index in [1.165, 1.54) is 32.1 Å². The first-order chi connectivity index (χ1) is 13.9. The van der Waals surface area contributed by atoms with Crippen LogP contribution in [0.15, 0.2) is 12.3 Å². The van der Waals surface area contributed by atoms with Crippen LogP contribution in [0.2, 0.25) is 0 Å². The van der Waals surface area contributed by atoms with Crippen molar-refractivity contribution in [2.45, 2.75) is 57.9 Å². The van der Waals surface area contributed by atoms with Gasteiger partial charge in [0, 0.05) is 24.7 Å². The SMILES string of the molecule is CC(=O)C1CCN(CCOc2ccn(C3CCCCC3)n2)CC1.O=C(O)C(=O)O. The fourth-order valence-electron chi connectivity index (χ4n) is 3.79. The molecule has 9 heteroatoms. The summed E-state index contributed by atoms with van der Waals surface area (Å²) < 4.78 is 7.90. The summed E-state index contributed by atoms with van der Waals surface area (Å²) in [6.45, 7) is 5.31. The first-order valence-corrected chi connectivity index (χ1v) is 10.2. The van der Waals surface area contributed by atoms with E-state index in [4.69, 9.17) is 24.5 Å². The van der Waals surface area contributed by atoms with Crippen LogP contribution < -0.4 is 4.74 Å². The van der Waals surface area contributed by atoms with Crippen LogP contribution in [0.3, 0.4) is 0 Å². The van der Waals surface area contributed by atoms with E-state index in [9.17, 15) is 4.79 Å². The summed E-state index contributed by atoms with van der Waals surface area (Å²) in [6, 6.07) is 2.54. The Hall–Kier alpha value is -2.42. The van der Waals surface area contributed by atoms with Crippen LogP contribution in [-0.4, -0.2) is 68.9 Å². The zero-order valence-corrected chi connectivity index (χ0v) is 17.0. The summed E-state index contributed by atoms with van der Waals surface area (Å²) in [6.07, 6.45) is 10.5. The molecule has 0 aromatic carbocycles. The van der Waals surface area contributed by atoms with Gasteiger partial charge in [0.05, 0.1) is 6.04 Å². The molecule has 2 aliphatic rings. The van der Waals surface area contributed by atoms with Crippen LogP contribution in [0.5, 0.6) is 5.88 Å². The average molecular weight is 409 g/mol. The molecule has 3 rings (SSSR count). The van der Waals surface area contributed by atoms with Crippen molar-refractivity contribution in [2.75, 3.05) is 26.2 Å². The summed E-state index contributed by atoms with van der Waals surface area (Å²) in [5, 5.41) is 19.4. The summed E-state index contributed by atoms with van der Waals surface area (Å²) in [7, 11) is 0. The third-order valence-corrected chi connectivity index (χ3v) is 5.54. The average Bonchev–Trinajstić information content (AvgIpc) is 3.18. The Morgan fingerprint density at radius 1 is 1.07 bits per heavy atom. The van der Waals surface area contributed by atoms with Crippen LogP contribution in [0.25, 0.3) is 0 Å². The monoisotopic (exact) mass is 409 g/mol. The summed E-state index contributed by atoms with van der Waals surface area (Å²) >= 11 is 0. The van der Waals surface area contributed by atoms with Crippen molar-refractivity contribution in [3.05, 3.63) is 12.3 Å². The number of carboxylic acid groups (broad SMARTS) is 2. The fourth-order valence-corrected chi connectivity index (χ4v) is 3.79. The Labute approximate surface area is 170 Å². The molecular weight excluding hydrogens is 378 g/mol. The Bertz CT molecular complexity index is 664. The second kappa shape index (κ2) is 11.5. The molecule has 1 saturated carbocycles. The second-order valence-electron chi connectivity index (χ2n) is 7.61. The highest BCUT2D eigenvalue weighted by atomic mass is 16.5. The van der Waals surface area contributed by atoms with E-state index in [0.29, 0.717) is 18.4 Å². The second-order valence-corrected chi connectivity index (χ2v) is 7.61. The van der Waals surface area contributed by atoms with E-state index in [-0.39, 0.29) is 5.92 Å². The van der Waals surface area contributed by atoms with Gasteiger partial charge in [0.25, 0.3) is 0 Å². The van der Waals surface area contributed by atoms with Gasteiger partial charge in [-0.05, 0) is 45.7 Å². The standard InChI is InChI=1S/C18H29N3O2.C2H2O4/c1-15(22)16-7-10-20(11-8-16)13-14-23-18-9-12-21(19-18)17-5-3-2-4-6-17;3-1(4)2(5)6/h9,12,16-17H,2-8,10-11,13-14H2,1H3;(H,3,4)(H,5,6). The quantitative estimate of drug-likeness (QED) is 0.686. The normalized spacial score (nSPS) is 18.5. The molecule has 29 heavy (non-hydrogen) atoms. The molecule has 9 nitrogen and oxygen atoms in total. The Balaban J connectivity index is 0.000000438. The number of nitrogens with zero attached hydrogens (tertiary/aromatic N) is 3. The maximum Gasteiger partial charge on any atom is 0.414 e. The molecule has 1 aliphatic carbocycles. The van der Waals surface area contributed by atoms with E-state index in [1.807, 2.05) is 6.07 Å². The van der Waals surface area contributed by atoms with Crippen LogP contribution >= 0.6 is 0 Å². The number of aromatic nitrogens is 2.